The van der Waals surface area contributed by atoms with Gasteiger partial charge in [0.2, 0.25) is 0 Å². The Kier molecular flexibility index (Phi) is 5.89. The summed E-state index contributed by atoms with van der Waals surface area (Å²) >= 11 is 0. The van der Waals surface area contributed by atoms with Crippen LogP contribution in [0.15, 0.2) is 60.7 Å². The van der Waals surface area contributed by atoms with Gasteiger partial charge in [-0.3, -0.25) is 0 Å². The summed E-state index contributed by atoms with van der Waals surface area (Å²) < 4.78 is 12.5. The van der Waals surface area contributed by atoms with Gasteiger partial charge >= 0.3 is 0 Å². The van der Waals surface area contributed by atoms with Gasteiger partial charge in [-0.2, -0.15) is 0 Å². The van der Waals surface area contributed by atoms with Crippen LogP contribution in [0.5, 0.6) is 11.5 Å². The highest BCUT2D eigenvalue weighted by Gasteiger charge is 2.34. The molecular formula is C31H35NO2. The molecule has 0 radical (unpaired) electrons. The van der Waals surface area contributed by atoms with Gasteiger partial charge in [-0.15, -0.1) is 0 Å². The highest BCUT2D eigenvalue weighted by molar-refractivity contribution is 5.91. The topological polar surface area (TPSA) is 30.5 Å². The summed E-state index contributed by atoms with van der Waals surface area (Å²) in [6.07, 6.45) is 6.68. The lowest BCUT2D eigenvalue weighted by Crippen LogP contribution is -2.32. The second-order valence-corrected chi connectivity index (χ2v) is 10.2. The van der Waals surface area contributed by atoms with E-state index in [1.165, 1.54) is 51.9 Å². The maximum atomic E-state index is 6.73. The normalized spacial score (nSPS) is 17.4. The van der Waals surface area contributed by atoms with Crippen molar-refractivity contribution in [3.05, 3.63) is 82.9 Å². The number of hydrogen-bond donors (Lipinski definition) is 1. The molecule has 0 amide bonds. The molecule has 0 saturated carbocycles. The monoisotopic (exact) mass is 453 g/mol. The number of allylic oxidation sites excluding steroid dienone is 1. The first-order valence-electron chi connectivity index (χ1n) is 12.5. The quantitative estimate of drug-likeness (QED) is 0.410. The van der Waals surface area contributed by atoms with Gasteiger partial charge in [0.15, 0.2) is 0 Å². The van der Waals surface area contributed by atoms with Crippen molar-refractivity contribution in [3.63, 3.8) is 0 Å². The van der Waals surface area contributed by atoms with Crippen molar-refractivity contribution in [1.29, 1.82) is 0 Å². The SMILES string of the molecule is CCCCc1ccc(CC2Oc3cccc(OC)c3-c3ccc4c(c32)C(C)=CC(C)(C)N4)cc1. The van der Waals surface area contributed by atoms with Gasteiger partial charge in [0.25, 0.3) is 0 Å². The van der Waals surface area contributed by atoms with Gasteiger partial charge in [-0.1, -0.05) is 55.8 Å². The fraction of sp³-hybridized carbons (Fsp3) is 0.355. The fourth-order valence-electron chi connectivity index (χ4n) is 5.54. The van der Waals surface area contributed by atoms with E-state index in [0.29, 0.717) is 0 Å². The Morgan fingerprint density at radius 2 is 1.74 bits per heavy atom. The van der Waals surface area contributed by atoms with E-state index in [2.05, 4.69) is 81.6 Å². The molecule has 5 rings (SSSR count). The van der Waals surface area contributed by atoms with E-state index in [9.17, 15) is 0 Å². The molecule has 1 N–H and O–H groups in total. The molecule has 0 aliphatic carbocycles. The molecule has 0 spiro atoms. The van der Waals surface area contributed by atoms with Crippen molar-refractivity contribution in [2.75, 3.05) is 12.4 Å². The zero-order valence-corrected chi connectivity index (χ0v) is 21.0. The summed E-state index contributed by atoms with van der Waals surface area (Å²) in [5.74, 6) is 1.74. The molecule has 3 aromatic rings. The van der Waals surface area contributed by atoms with Gasteiger partial charge in [0.05, 0.1) is 18.2 Å². The van der Waals surface area contributed by atoms with Crippen LogP contribution in [0.1, 0.15) is 68.9 Å². The Morgan fingerprint density at radius 1 is 0.971 bits per heavy atom. The van der Waals surface area contributed by atoms with E-state index < -0.39 is 0 Å². The minimum atomic E-state index is -0.0831. The summed E-state index contributed by atoms with van der Waals surface area (Å²) in [6.45, 7) is 8.89. The average Bonchev–Trinajstić information content (AvgIpc) is 2.82. The van der Waals surface area contributed by atoms with Crippen molar-refractivity contribution >= 4 is 11.3 Å². The summed E-state index contributed by atoms with van der Waals surface area (Å²) in [4.78, 5) is 0. The Balaban J connectivity index is 1.61. The molecule has 3 aromatic carbocycles. The molecule has 176 valence electrons. The molecule has 2 heterocycles. The van der Waals surface area contributed by atoms with Crippen LogP contribution in [-0.4, -0.2) is 12.6 Å². The van der Waals surface area contributed by atoms with Crippen LogP contribution >= 0.6 is 0 Å². The molecule has 0 bridgehead atoms. The van der Waals surface area contributed by atoms with E-state index in [0.717, 1.165) is 29.9 Å². The minimum absolute atomic E-state index is 0.0718. The van der Waals surface area contributed by atoms with Crippen molar-refractivity contribution in [3.8, 4) is 22.6 Å². The lowest BCUT2D eigenvalue weighted by atomic mass is 9.80. The third kappa shape index (κ3) is 4.09. The Hall–Kier alpha value is -3.20. The molecule has 0 fully saturated rings. The number of unbranched alkanes of at least 4 members (excludes halogenated alkanes) is 1. The molecule has 0 saturated heterocycles. The number of hydrogen-bond acceptors (Lipinski definition) is 3. The maximum absolute atomic E-state index is 6.73. The second-order valence-electron chi connectivity index (χ2n) is 10.2. The van der Waals surface area contributed by atoms with Crippen LogP contribution in [0.2, 0.25) is 0 Å². The third-order valence-electron chi connectivity index (χ3n) is 7.01. The number of methoxy groups -OCH3 is 1. The lowest BCUT2D eigenvalue weighted by molar-refractivity contribution is 0.201. The number of aryl methyl sites for hydroxylation is 1. The van der Waals surface area contributed by atoms with E-state index in [1.54, 1.807) is 7.11 Å². The molecule has 1 atom stereocenters. The largest absolute Gasteiger partial charge is 0.496 e. The fourth-order valence-corrected chi connectivity index (χ4v) is 5.54. The van der Waals surface area contributed by atoms with Crippen molar-refractivity contribution < 1.29 is 9.47 Å². The highest BCUT2D eigenvalue weighted by Crippen LogP contribution is 2.52. The summed E-state index contributed by atoms with van der Waals surface area (Å²) in [5.41, 5.74) is 9.85. The summed E-state index contributed by atoms with van der Waals surface area (Å²) in [7, 11) is 1.73. The second kappa shape index (κ2) is 8.87. The van der Waals surface area contributed by atoms with Crippen molar-refractivity contribution in [2.24, 2.45) is 0 Å². The van der Waals surface area contributed by atoms with Gasteiger partial charge < -0.3 is 14.8 Å². The lowest BCUT2D eigenvalue weighted by Gasteiger charge is -2.37. The molecule has 3 heteroatoms. The molecule has 0 aromatic heterocycles. The molecule has 2 aliphatic rings. The first kappa shape index (κ1) is 22.6. The van der Waals surface area contributed by atoms with Crippen LogP contribution < -0.4 is 14.8 Å². The average molecular weight is 454 g/mol. The van der Waals surface area contributed by atoms with Crippen molar-refractivity contribution in [2.45, 2.75) is 65.0 Å². The number of benzene rings is 3. The highest BCUT2D eigenvalue weighted by atomic mass is 16.5. The number of nitrogens with one attached hydrogen (secondary N) is 1. The number of anilines is 1. The van der Waals surface area contributed by atoms with E-state index in [1.807, 2.05) is 12.1 Å². The molecule has 2 aliphatic heterocycles. The predicted molar refractivity (Wildman–Crippen MR) is 142 cm³/mol. The van der Waals surface area contributed by atoms with Gasteiger partial charge in [-0.05, 0) is 74.1 Å². The first-order chi connectivity index (χ1) is 16.4. The Bertz CT molecular complexity index is 1240. The van der Waals surface area contributed by atoms with Crippen LogP contribution in [0.4, 0.5) is 5.69 Å². The minimum Gasteiger partial charge on any atom is -0.496 e. The Morgan fingerprint density at radius 3 is 2.47 bits per heavy atom. The number of ether oxygens (including phenoxy) is 2. The van der Waals surface area contributed by atoms with Crippen LogP contribution in [0.3, 0.4) is 0 Å². The molecule has 34 heavy (non-hydrogen) atoms. The third-order valence-corrected chi connectivity index (χ3v) is 7.01. The molecular weight excluding hydrogens is 418 g/mol. The smallest absolute Gasteiger partial charge is 0.131 e. The zero-order valence-electron chi connectivity index (χ0n) is 21.0. The molecule has 1 unspecified atom stereocenters. The predicted octanol–water partition coefficient (Wildman–Crippen LogP) is 7.99. The van der Waals surface area contributed by atoms with E-state index in [4.69, 9.17) is 9.47 Å². The van der Waals surface area contributed by atoms with Crippen LogP contribution in [0.25, 0.3) is 16.7 Å². The molecule has 3 nitrogen and oxygen atoms in total. The number of fused-ring (bicyclic) bond motifs is 5. The standard InChI is InChI=1S/C31H35NO2/c1-6-7-9-21-12-14-22(15-13-21)18-27-30-23(29-25(33-5)10-8-11-26(29)34-27)16-17-24-28(30)20(2)19-31(3,4)32-24/h8,10-17,19,27,32H,6-7,9,18H2,1-5H3. The maximum Gasteiger partial charge on any atom is 0.131 e. The Labute approximate surface area is 203 Å². The summed E-state index contributed by atoms with van der Waals surface area (Å²) in [5, 5.41) is 3.72. The van der Waals surface area contributed by atoms with Crippen molar-refractivity contribution in [1.82, 2.24) is 0 Å². The number of rotatable bonds is 6. The van der Waals surface area contributed by atoms with Gasteiger partial charge in [-0.25, -0.2) is 0 Å². The van der Waals surface area contributed by atoms with Crippen LogP contribution in [-0.2, 0) is 12.8 Å². The van der Waals surface area contributed by atoms with E-state index >= 15 is 0 Å². The van der Waals surface area contributed by atoms with Gasteiger partial charge in [0.1, 0.15) is 17.6 Å². The first-order valence-corrected chi connectivity index (χ1v) is 12.5. The van der Waals surface area contributed by atoms with E-state index in [-0.39, 0.29) is 11.6 Å². The van der Waals surface area contributed by atoms with Crippen LogP contribution in [0, 0.1) is 0 Å². The summed E-state index contributed by atoms with van der Waals surface area (Å²) in [6, 6.07) is 19.6. The zero-order chi connectivity index (χ0) is 23.9. The van der Waals surface area contributed by atoms with Gasteiger partial charge in [0, 0.05) is 23.2 Å².